The van der Waals surface area contributed by atoms with Gasteiger partial charge in [-0.15, -0.1) is 0 Å². The molecule has 0 radical (unpaired) electrons. The maximum atomic E-state index is 6.10. The second-order valence-electron chi connectivity index (χ2n) is 8.31. The fourth-order valence-corrected chi connectivity index (χ4v) is 3.56. The van der Waals surface area contributed by atoms with Crippen molar-refractivity contribution in [3.8, 4) is 17.4 Å². The van der Waals surface area contributed by atoms with Gasteiger partial charge in [0, 0.05) is 31.5 Å². The Balaban J connectivity index is 1.50. The van der Waals surface area contributed by atoms with Crippen LogP contribution < -0.4 is 25.8 Å². The monoisotopic (exact) mass is 484 g/mol. The van der Waals surface area contributed by atoms with E-state index < -0.39 is 0 Å². The molecule has 4 aromatic rings. The van der Waals surface area contributed by atoms with E-state index in [0.29, 0.717) is 43.0 Å². The van der Waals surface area contributed by atoms with Crippen LogP contribution in [0.15, 0.2) is 73.1 Å². The minimum absolute atomic E-state index is 0.500. The highest BCUT2D eigenvalue weighted by atomic mass is 16.5. The van der Waals surface area contributed by atoms with E-state index in [1.807, 2.05) is 73.1 Å². The van der Waals surface area contributed by atoms with Crippen LogP contribution >= 0.6 is 0 Å². The van der Waals surface area contributed by atoms with Crippen molar-refractivity contribution in [1.29, 1.82) is 0 Å². The summed E-state index contributed by atoms with van der Waals surface area (Å²) in [6, 6.07) is 19.8. The summed E-state index contributed by atoms with van der Waals surface area (Å²) in [6.07, 6.45) is 5.42. The maximum absolute atomic E-state index is 6.10. The van der Waals surface area contributed by atoms with Gasteiger partial charge in [0.05, 0.1) is 7.11 Å². The van der Waals surface area contributed by atoms with Gasteiger partial charge in [0.15, 0.2) is 0 Å². The molecule has 4 N–H and O–H groups in total. The second kappa shape index (κ2) is 12.5. The Labute approximate surface area is 211 Å². The topological polar surface area (TPSA) is 107 Å². The van der Waals surface area contributed by atoms with Gasteiger partial charge in [-0.3, -0.25) is 0 Å². The summed E-state index contributed by atoms with van der Waals surface area (Å²) in [6.45, 7) is 3.83. The quantitative estimate of drug-likeness (QED) is 0.259. The van der Waals surface area contributed by atoms with Crippen LogP contribution in [0.3, 0.4) is 0 Å². The molecule has 0 aliphatic heterocycles. The number of aryl methyl sites for hydroxylation is 1. The van der Waals surface area contributed by atoms with Crippen molar-refractivity contribution in [2.75, 3.05) is 24.3 Å². The molecule has 0 atom stereocenters. The van der Waals surface area contributed by atoms with Crippen LogP contribution in [0.5, 0.6) is 17.4 Å². The van der Waals surface area contributed by atoms with E-state index in [-0.39, 0.29) is 0 Å². The number of ether oxygens (including phenoxy) is 2. The zero-order valence-corrected chi connectivity index (χ0v) is 20.7. The molecule has 2 heterocycles. The van der Waals surface area contributed by atoms with E-state index in [4.69, 9.17) is 15.2 Å². The van der Waals surface area contributed by atoms with Gasteiger partial charge in [-0.25, -0.2) is 9.97 Å². The second-order valence-corrected chi connectivity index (χ2v) is 8.31. The SMILES string of the molecule is CCc1cnc(NCc2cc(NCc3ccc(OC)cc3)nc(Oc3ccc(CCN)cc3)c2)nc1. The number of hydrogen-bond donors (Lipinski definition) is 3. The lowest BCUT2D eigenvalue weighted by Crippen LogP contribution is -2.07. The molecular weight excluding hydrogens is 452 g/mol. The average Bonchev–Trinajstić information content (AvgIpc) is 2.92. The van der Waals surface area contributed by atoms with Gasteiger partial charge in [0.1, 0.15) is 17.3 Å². The molecule has 2 aromatic heterocycles. The standard InChI is InChI=1S/C28H32N6O2/c1-3-20-16-31-28(32-17-20)33-19-23-14-26(30-18-22-6-8-24(35-2)9-7-22)34-27(15-23)36-25-10-4-21(5-11-25)12-13-29/h4-11,14-17H,3,12-13,18-19,29H2,1-2H3,(H,30,34)(H,31,32,33). The van der Waals surface area contributed by atoms with Crippen molar-refractivity contribution in [1.82, 2.24) is 15.0 Å². The van der Waals surface area contributed by atoms with Gasteiger partial charge in [0.25, 0.3) is 0 Å². The molecule has 36 heavy (non-hydrogen) atoms. The van der Waals surface area contributed by atoms with Crippen LogP contribution in [0, 0.1) is 0 Å². The Kier molecular flexibility index (Phi) is 8.67. The van der Waals surface area contributed by atoms with Gasteiger partial charge in [-0.05, 0) is 72.0 Å². The Morgan fingerprint density at radius 2 is 1.44 bits per heavy atom. The highest BCUT2D eigenvalue weighted by molar-refractivity contribution is 5.45. The van der Waals surface area contributed by atoms with E-state index in [2.05, 4.69) is 32.5 Å². The molecule has 0 fully saturated rings. The summed E-state index contributed by atoms with van der Waals surface area (Å²) in [5.41, 5.74) is 10.0. The van der Waals surface area contributed by atoms with E-state index in [0.717, 1.165) is 35.3 Å². The van der Waals surface area contributed by atoms with Crippen molar-refractivity contribution in [3.05, 3.63) is 95.3 Å². The molecular formula is C28H32N6O2. The molecule has 0 saturated carbocycles. The lowest BCUT2D eigenvalue weighted by molar-refractivity contribution is 0.414. The van der Waals surface area contributed by atoms with Gasteiger partial charge in [-0.1, -0.05) is 31.2 Å². The fraction of sp³-hybridized carbons (Fsp3) is 0.250. The van der Waals surface area contributed by atoms with Crippen molar-refractivity contribution >= 4 is 11.8 Å². The Bertz CT molecular complexity index is 1160. The lowest BCUT2D eigenvalue weighted by atomic mass is 10.1. The number of methoxy groups -OCH3 is 1. The van der Waals surface area contributed by atoms with Crippen LogP contribution in [-0.4, -0.2) is 28.6 Å². The Morgan fingerprint density at radius 3 is 2.11 bits per heavy atom. The van der Waals surface area contributed by atoms with Gasteiger partial charge in [0.2, 0.25) is 11.8 Å². The molecule has 4 rings (SSSR count). The number of nitrogens with one attached hydrogen (secondary N) is 2. The van der Waals surface area contributed by atoms with Crippen LogP contribution in [0.2, 0.25) is 0 Å². The van der Waals surface area contributed by atoms with Gasteiger partial charge >= 0.3 is 0 Å². The summed E-state index contributed by atoms with van der Waals surface area (Å²) < 4.78 is 11.3. The minimum Gasteiger partial charge on any atom is -0.497 e. The highest BCUT2D eigenvalue weighted by Crippen LogP contribution is 2.24. The molecule has 0 aliphatic rings. The molecule has 8 heteroatoms. The molecule has 0 spiro atoms. The Morgan fingerprint density at radius 1 is 0.778 bits per heavy atom. The summed E-state index contributed by atoms with van der Waals surface area (Å²) >= 11 is 0. The zero-order valence-electron chi connectivity index (χ0n) is 20.7. The first-order chi connectivity index (χ1) is 17.6. The first kappa shape index (κ1) is 24.9. The smallest absolute Gasteiger partial charge is 0.222 e. The largest absolute Gasteiger partial charge is 0.497 e. The summed E-state index contributed by atoms with van der Waals surface area (Å²) in [7, 11) is 1.66. The fourth-order valence-electron chi connectivity index (χ4n) is 3.56. The number of nitrogens with two attached hydrogens (primary N) is 1. The number of anilines is 2. The number of pyridine rings is 1. The van der Waals surface area contributed by atoms with Gasteiger partial charge in [-0.2, -0.15) is 4.98 Å². The number of hydrogen-bond acceptors (Lipinski definition) is 8. The van der Waals surface area contributed by atoms with Crippen molar-refractivity contribution in [2.45, 2.75) is 32.9 Å². The number of rotatable bonds is 12. The molecule has 0 aliphatic carbocycles. The van der Waals surface area contributed by atoms with Crippen molar-refractivity contribution in [2.24, 2.45) is 5.73 Å². The van der Waals surface area contributed by atoms with E-state index >= 15 is 0 Å². The molecule has 0 bridgehead atoms. The third-order valence-corrected chi connectivity index (χ3v) is 5.64. The van der Waals surface area contributed by atoms with Crippen LogP contribution in [0.25, 0.3) is 0 Å². The predicted molar refractivity (Wildman–Crippen MR) is 143 cm³/mol. The van der Waals surface area contributed by atoms with E-state index in [9.17, 15) is 0 Å². The molecule has 186 valence electrons. The molecule has 0 unspecified atom stereocenters. The molecule has 8 nitrogen and oxygen atoms in total. The summed E-state index contributed by atoms with van der Waals surface area (Å²) in [5.74, 6) is 3.33. The van der Waals surface area contributed by atoms with E-state index in [1.165, 1.54) is 5.56 Å². The highest BCUT2D eigenvalue weighted by Gasteiger charge is 2.08. The van der Waals surface area contributed by atoms with Crippen LogP contribution in [-0.2, 0) is 25.9 Å². The number of benzene rings is 2. The molecule has 0 saturated heterocycles. The predicted octanol–water partition coefficient (Wildman–Crippen LogP) is 4.96. The van der Waals surface area contributed by atoms with Crippen molar-refractivity contribution < 1.29 is 9.47 Å². The Hall–Kier alpha value is -4.17. The molecule has 2 aromatic carbocycles. The minimum atomic E-state index is 0.500. The van der Waals surface area contributed by atoms with Gasteiger partial charge < -0.3 is 25.8 Å². The lowest BCUT2D eigenvalue weighted by Gasteiger charge is -2.13. The first-order valence-electron chi connectivity index (χ1n) is 12.0. The van der Waals surface area contributed by atoms with Crippen molar-refractivity contribution in [3.63, 3.8) is 0 Å². The van der Waals surface area contributed by atoms with Crippen LogP contribution in [0.1, 0.15) is 29.2 Å². The maximum Gasteiger partial charge on any atom is 0.222 e. The zero-order chi connectivity index (χ0) is 25.2. The summed E-state index contributed by atoms with van der Waals surface area (Å²) in [4.78, 5) is 13.5. The third kappa shape index (κ3) is 7.16. The van der Waals surface area contributed by atoms with Crippen LogP contribution in [0.4, 0.5) is 11.8 Å². The molecule has 0 amide bonds. The number of aromatic nitrogens is 3. The summed E-state index contributed by atoms with van der Waals surface area (Å²) in [5, 5.41) is 6.68. The average molecular weight is 485 g/mol. The normalized spacial score (nSPS) is 10.6. The number of nitrogens with zero attached hydrogens (tertiary/aromatic N) is 3. The third-order valence-electron chi connectivity index (χ3n) is 5.64. The first-order valence-corrected chi connectivity index (χ1v) is 12.0. The van der Waals surface area contributed by atoms with E-state index in [1.54, 1.807) is 7.11 Å².